The SMILES string of the molecule is Cc1cc(F)ccc1Cn1cc(CN)c(C)n1. The molecule has 0 unspecified atom stereocenters. The van der Waals surface area contributed by atoms with Gasteiger partial charge in [-0.15, -0.1) is 0 Å². The third-order valence-electron chi connectivity index (χ3n) is 2.90. The molecule has 3 nitrogen and oxygen atoms in total. The van der Waals surface area contributed by atoms with E-state index in [9.17, 15) is 4.39 Å². The molecular formula is C13H16FN3. The van der Waals surface area contributed by atoms with Crippen LogP contribution in [0, 0.1) is 19.7 Å². The molecule has 2 rings (SSSR count). The van der Waals surface area contributed by atoms with E-state index in [0.717, 1.165) is 22.4 Å². The van der Waals surface area contributed by atoms with Gasteiger partial charge in [-0.25, -0.2) is 4.39 Å². The van der Waals surface area contributed by atoms with Gasteiger partial charge in [0.25, 0.3) is 0 Å². The van der Waals surface area contributed by atoms with Crippen LogP contribution in [0.2, 0.25) is 0 Å². The standard InChI is InChI=1S/C13H16FN3/c1-9-5-13(14)4-3-11(9)7-17-8-12(6-15)10(2)16-17/h3-5,8H,6-7,15H2,1-2H3. The number of nitrogens with zero attached hydrogens (tertiary/aromatic N) is 2. The maximum atomic E-state index is 13.0. The number of benzene rings is 1. The highest BCUT2D eigenvalue weighted by molar-refractivity contribution is 5.27. The molecule has 0 saturated carbocycles. The molecule has 0 saturated heterocycles. The van der Waals surface area contributed by atoms with Gasteiger partial charge in [0.2, 0.25) is 0 Å². The molecular weight excluding hydrogens is 217 g/mol. The number of rotatable bonds is 3. The van der Waals surface area contributed by atoms with Crippen LogP contribution in [0.1, 0.15) is 22.4 Å². The normalized spacial score (nSPS) is 10.8. The first-order chi connectivity index (χ1) is 8.10. The van der Waals surface area contributed by atoms with Gasteiger partial charge in [0, 0.05) is 18.3 Å². The average Bonchev–Trinajstić information content (AvgIpc) is 2.63. The van der Waals surface area contributed by atoms with E-state index in [0.29, 0.717) is 13.1 Å². The number of nitrogens with two attached hydrogens (primary N) is 1. The average molecular weight is 233 g/mol. The number of aryl methyl sites for hydroxylation is 2. The largest absolute Gasteiger partial charge is 0.326 e. The van der Waals surface area contributed by atoms with Gasteiger partial charge in [0.1, 0.15) is 5.82 Å². The van der Waals surface area contributed by atoms with E-state index >= 15 is 0 Å². The first-order valence-electron chi connectivity index (χ1n) is 5.58. The van der Waals surface area contributed by atoms with Crippen LogP contribution >= 0.6 is 0 Å². The van der Waals surface area contributed by atoms with Gasteiger partial charge in [-0.05, 0) is 37.1 Å². The van der Waals surface area contributed by atoms with E-state index in [1.54, 1.807) is 6.07 Å². The highest BCUT2D eigenvalue weighted by Gasteiger charge is 2.05. The lowest BCUT2D eigenvalue weighted by Crippen LogP contribution is -2.02. The topological polar surface area (TPSA) is 43.8 Å². The molecule has 4 heteroatoms. The molecule has 1 heterocycles. The van der Waals surface area contributed by atoms with Crippen molar-refractivity contribution >= 4 is 0 Å². The van der Waals surface area contributed by atoms with E-state index in [1.807, 2.05) is 24.7 Å². The van der Waals surface area contributed by atoms with Crippen molar-refractivity contribution < 1.29 is 4.39 Å². The zero-order valence-corrected chi connectivity index (χ0v) is 10.1. The van der Waals surface area contributed by atoms with Crippen molar-refractivity contribution in [1.29, 1.82) is 0 Å². The summed E-state index contributed by atoms with van der Waals surface area (Å²) in [6, 6.07) is 4.81. The number of halogens is 1. The smallest absolute Gasteiger partial charge is 0.123 e. The fourth-order valence-electron chi connectivity index (χ4n) is 1.85. The first kappa shape index (κ1) is 11.8. The zero-order valence-electron chi connectivity index (χ0n) is 10.1. The second-order valence-electron chi connectivity index (χ2n) is 4.21. The molecule has 0 atom stereocenters. The van der Waals surface area contributed by atoms with Crippen molar-refractivity contribution in [2.24, 2.45) is 5.73 Å². The lowest BCUT2D eigenvalue weighted by atomic mass is 10.1. The Morgan fingerprint density at radius 3 is 2.65 bits per heavy atom. The summed E-state index contributed by atoms with van der Waals surface area (Å²) < 4.78 is 14.8. The predicted molar refractivity (Wildman–Crippen MR) is 65.1 cm³/mol. The highest BCUT2D eigenvalue weighted by Crippen LogP contribution is 2.13. The van der Waals surface area contributed by atoms with Crippen LogP contribution in [-0.4, -0.2) is 9.78 Å². The summed E-state index contributed by atoms with van der Waals surface area (Å²) in [5.74, 6) is -0.203. The first-order valence-corrected chi connectivity index (χ1v) is 5.58. The fourth-order valence-corrected chi connectivity index (χ4v) is 1.85. The quantitative estimate of drug-likeness (QED) is 0.882. The van der Waals surface area contributed by atoms with E-state index in [4.69, 9.17) is 5.73 Å². The third-order valence-corrected chi connectivity index (χ3v) is 2.90. The van der Waals surface area contributed by atoms with E-state index in [-0.39, 0.29) is 5.82 Å². The summed E-state index contributed by atoms with van der Waals surface area (Å²) in [5.41, 5.74) is 9.61. The second-order valence-corrected chi connectivity index (χ2v) is 4.21. The highest BCUT2D eigenvalue weighted by atomic mass is 19.1. The van der Waals surface area contributed by atoms with Crippen molar-refractivity contribution in [3.63, 3.8) is 0 Å². The van der Waals surface area contributed by atoms with Crippen molar-refractivity contribution in [2.45, 2.75) is 26.9 Å². The van der Waals surface area contributed by atoms with E-state index in [1.165, 1.54) is 12.1 Å². The summed E-state index contributed by atoms with van der Waals surface area (Å²) in [7, 11) is 0. The van der Waals surface area contributed by atoms with Gasteiger partial charge >= 0.3 is 0 Å². The minimum Gasteiger partial charge on any atom is -0.326 e. The van der Waals surface area contributed by atoms with E-state index in [2.05, 4.69) is 5.10 Å². The molecule has 0 aliphatic rings. The number of aromatic nitrogens is 2. The summed E-state index contributed by atoms with van der Waals surface area (Å²) in [6.07, 6.45) is 1.94. The van der Waals surface area contributed by atoms with Crippen molar-refractivity contribution in [3.05, 3.63) is 52.6 Å². The van der Waals surface area contributed by atoms with Gasteiger partial charge < -0.3 is 5.73 Å². The van der Waals surface area contributed by atoms with Crippen molar-refractivity contribution in [2.75, 3.05) is 0 Å². The molecule has 1 aromatic heterocycles. The minimum absolute atomic E-state index is 0.203. The summed E-state index contributed by atoms with van der Waals surface area (Å²) in [6.45, 7) is 4.98. The Labute approximate surface area is 100 Å². The van der Waals surface area contributed by atoms with Gasteiger partial charge in [-0.3, -0.25) is 4.68 Å². The Balaban J connectivity index is 2.25. The number of hydrogen-bond acceptors (Lipinski definition) is 2. The molecule has 0 bridgehead atoms. The summed E-state index contributed by atoms with van der Waals surface area (Å²) >= 11 is 0. The van der Waals surface area contributed by atoms with Crippen LogP contribution in [0.3, 0.4) is 0 Å². The Bertz CT molecular complexity index is 531. The van der Waals surface area contributed by atoms with Crippen LogP contribution < -0.4 is 5.73 Å². The molecule has 0 aliphatic heterocycles. The van der Waals surface area contributed by atoms with Gasteiger partial charge in [-0.2, -0.15) is 5.10 Å². The maximum Gasteiger partial charge on any atom is 0.123 e. The van der Waals surface area contributed by atoms with Gasteiger partial charge in [-0.1, -0.05) is 6.07 Å². The molecule has 0 aliphatic carbocycles. The fraction of sp³-hybridized carbons (Fsp3) is 0.308. The van der Waals surface area contributed by atoms with Crippen LogP contribution in [-0.2, 0) is 13.1 Å². The van der Waals surface area contributed by atoms with Crippen molar-refractivity contribution in [3.8, 4) is 0 Å². The van der Waals surface area contributed by atoms with Crippen LogP contribution in [0.15, 0.2) is 24.4 Å². The maximum absolute atomic E-state index is 13.0. The Hall–Kier alpha value is -1.68. The third kappa shape index (κ3) is 2.53. The zero-order chi connectivity index (χ0) is 12.4. The molecule has 1 aromatic carbocycles. The molecule has 0 fully saturated rings. The van der Waals surface area contributed by atoms with Crippen LogP contribution in [0.25, 0.3) is 0 Å². The molecule has 90 valence electrons. The number of hydrogen-bond donors (Lipinski definition) is 1. The molecule has 0 amide bonds. The van der Waals surface area contributed by atoms with Crippen LogP contribution in [0.5, 0.6) is 0 Å². The Morgan fingerprint density at radius 1 is 1.29 bits per heavy atom. The second kappa shape index (κ2) is 4.67. The molecule has 2 N–H and O–H groups in total. The van der Waals surface area contributed by atoms with E-state index < -0.39 is 0 Å². The van der Waals surface area contributed by atoms with Crippen LogP contribution in [0.4, 0.5) is 4.39 Å². The monoisotopic (exact) mass is 233 g/mol. The van der Waals surface area contributed by atoms with Gasteiger partial charge in [0.15, 0.2) is 0 Å². The predicted octanol–water partition coefficient (Wildman–Crippen LogP) is 2.15. The molecule has 2 aromatic rings. The molecule has 17 heavy (non-hydrogen) atoms. The lowest BCUT2D eigenvalue weighted by Gasteiger charge is -2.05. The van der Waals surface area contributed by atoms with Gasteiger partial charge in [0.05, 0.1) is 12.2 Å². The summed E-state index contributed by atoms with van der Waals surface area (Å²) in [5, 5.41) is 4.38. The Morgan fingerprint density at radius 2 is 2.06 bits per heavy atom. The minimum atomic E-state index is -0.203. The Kier molecular flexibility index (Phi) is 3.24. The lowest BCUT2D eigenvalue weighted by molar-refractivity contribution is 0.622. The summed E-state index contributed by atoms with van der Waals surface area (Å²) in [4.78, 5) is 0. The van der Waals surface area contributed by atoms with Crippen molar-refractivity contribution in [1.82, 2.24) is 9.78 Å². The molecule has 0 radical (unpaired) electrons. The molecule has 0 spiro atoms.